The minimum absolute atomic E-state index is 0.0456. The van der Waals surface area contributed by atoms with Crippen molar-refractivity contribution < 1.29 is 24.5 Å². The van der Waals surface area contributed by atoms with Gasteiger partial charge in [-0.25, -0.2) is 4.79 Å². The van der Waals surface area contributed by atoms with Crippen LogP contribution in [-0.4, -0.2) is 71.4 Å². The first-order valence-electron chi connectivity index (χ1n) is 7.59. The lowest BCUT2D eigenvalue weighted by molar-refractivity contribution is -0.141. The van der Waals surface area contributed by atoms with E-state index in [1.54, 1.807) is 29.2 Å². The van der Waals surface area contributed by atoms with E-state index < -0.39 is 12.0 Å². The van der Waals surface area contributed by atoms with Crippen LogP contribution in [-0.2, 0) is 4.79 Å². The molecule has 1 saturated heterocycles. The van der Waals surface area contributed by atoms with Crippen LogP contribution in [0.1, 0.15) is 23.2 Å². The molecule has 0 saturated carbocycles. The zero-order valence-electron chi connectivity index (χ0n) is 13.1. The van der Waals surface area contributed by atoms with Crippen molar-refractivity contribution in [3.05, 3.63) is 29.8 Å². The lowest BCUT2D eigenvalue weighted by Crippen LogP contribution is -2.40. The van der Waals surface area contributed by atoms with E-state index in [9.17, 15) is 14.7 Å². The van der Waals surface area contributed by atoms with E-state index in [0.29, 0.717) is 44.0 Å². The number of aliphatic carboxylic acids is 1. The summed E-state index contributed by atoms with van der Waals surface area (Å²) in [6.07, 6.45) is 1.19. The fourth-order valence-corrected chi connectivity index (χ4v) is 2.57. The van der Waals surface area contributed by atoms with Crippen LogP contribution in [0.4, 0.5) is 0 Å². The van der Waals surface area contributed by atoms with E-state index >= 15 is 0 Å². The fourth-order valence-electron chi connectivity index (χ4n) is 2.57. The molecule has 1 amide bonds. The summed E-state index contributed by atoms with van der Waals surface area (Å²) in [5.41, 5.74) is 0.417. The van der Waals surface area contributed by atoms with Crippen LogP contribution in [0.25, 0.3) is 0 Å². The third-order valence-corrected chi connectivity index (χ3v) is 3.81. The van der Waals surface area contributed by atoms with Gasteiger partial charge in [0.15, 0.2) is 0 Å². The first-order valence-corrected chi connectivity index (χ1v) is 7.59. The molecule has 1 aliphatic rings. The number of hydrogen-bond donors (Lipinski definition) is 2. The van der Waals surface area contributed by atoms with Gasteiger partial charge in [0.05, 0.1) is 6.61 Å². The van der Waals surface area contributed by atoms with Gasteiger partial charge in [-0.2, -0.15) is 0 Å². The van der Waals surface area contributed by atoms with Crippen molar-refractivity contribution in [3.8, 4) is 5.75 Å². The molecule has 7 nitrogen and oxygen atoms in total. The van der Waals surface area contributed by atoms with Gasteiger partial charge in [-0.15, -0.1) is 0 Å². The van der Waals surface area contributed by atoms with Crippen molar-refractivity contribution in [1.82, 2.24) is 9.80 Å². The maximum absolute atomic E-state index is 12.5. The minimum Gasteiger partial charge on any atom is -0.480 e. The number of rotatable bonds is 7. The Labute approximate surface area is 135 Å². The van der Waals surface area contributed by atoms with E-state index in [0.717, 1.165) is 0 Å². The Hall–Kier alpha value is -2.12. The predicted molar refractivity (Wildman–Crippen MR) is 83.3 cm³/mol. The zero-order chi connectivity index (χ0) is 16.8. The third-order valence-electron chi connectivity index (χ3n) is 3.81. The second-order valence-electron chi connectivity index (χ2n) is 5.60. The molecular formula is C16H22N2O5. The molecule has 2 N–H and O–H groups in total. The van der Waals surface area contributed by atoms with Crippen LogP contribution in [0.2, 0.25) is 0 Å². The summed E-state index contributed by atoms with van der Waals surface area (Å²) in [7, 11) is 1.81. The smallest absolute Gasteiger partial charge is 0.326 e. The van der Waals surface area contributed by atoms with Gasteiger partial charge in [0.1, 0.15) is 18.5 Å². The third kappa shape index (κ3) is 4.43. The summed E-state index contributed by atoms with van der Waals surface area (Å²) in [6, 6.07) is 5.97. The zero-order valence-corrected chi connectivity index (χ0v) is 13.1. The molecule has 23 heavy (non-hydrogen) atoms. The number of aliphatic hydroxyl groups excluding tert-OH is 1. The number of likely N-dealkylation sites (tertiary alicyclic amines) is 1. The molecule has 7 heteroatoms. The van der Waals surface area contributed by atoms with Crippen molar-refractivity contribution in [2.45, 2.75) is 18.9 Å². The van der Waals surface area contributed by atoms with Gasteiger partial charge in [0.25, 0.3) is 5.91 Å². The van der Waals surface area contributed by atoms with Crippen molar-refractivity contribution in [2.75, 3.05) is 33.5 Å². The number of nitrogens with zero attached hydrogens (tertiary/aromatic N) is 2. The summed E-state index contributed by atoms with van der Waals surface area (Å²) in [4.78, 5) is 26.9. The highest BCUT2D eigenvalue weighted by molar-refractivity contribution is 5.97. The van der Waals surface area contributed by atoms with Gasteiger partial charge < -0.3 is 19.8 Å². The van der Waals surface area contributed by atoms with E-state index in [1.165, 1.54) is 4.90 Å². The summed E-state index contributed by atoms with van der Waals surface area (Å²) in [5, 5.41) is 18.0. The number of likely N-dealkylation sites (N-methyl/N-ethyl adjacent to an activating group) is 1. The van der Waals surface area contributed by atoms with Crippen LogP contribution in [0.3, 0.4) is 0 Å². The summed E-state index contributed by atoms with van der Waals surface area (Å²) in [6.45, 7) is 1.29. The quantitative estimate of drug-likeness (QED) is 0.716. The average Bonchev–Trinajstić information content (AvgIpc) is 3.02. The number of carbonyl (C=O) groups is 2. The molecule has 2 rings (SSSR count). The molecule has 126 valence electrons. The van der Waals surface area contributed by atoms with Gasteiger partial charge in [-0.1, -0.05) is 6.07 Å². The van der Waals surface area contributed by atoms with Gasteiger partial charge in [-0.3, -0.25) is 9.69 Å². The van der Waals surface area contributed by atoms with E-state index in [-0.39, 0.29) is 12.5 Å². The highest BCUT2D eigenvalue weighted by Crippen LogP contribution is 2.22. The molecule has 0 aliphatic carbocycles. The molecule has 0 bridgehead atoms. The Morgan fingerprint density at radius 3 is 2.91 bits per heavy atom. The molecule has 1 aliphatic heterocycles. The van der Waals surface area contributed by atoms with Crippen LogP contribution in [0, 0.1) is 0 Å². The Kier molecular flexibility index (Phi) is 5.95. The fraction of sp³-hybridized carbons (Fsp3) is 0.500. The minimum atomic E-state index is -0.964. The summed E-state index contributed by atoms with van der Waals surface area (Å²) < 4.78 is 5.58. The number of aliphatic hydroxyl groups is 1. The number of carbonyl (C=O) groups excluding carboxylic acids is 1. The molecule has 0 radical (unpaired) electrons. The van der Waals surface area contributed by atoms with Gasteiger partial charge >= 0.3 is 5.97 Å². The largest absolute Gasteiger partial charge is 0.480 e. The van der Waals surface area contributed by atoms with Gasteiger partial charge in [-0.05, 0) is 38.1 Å². The number of carboxylic acids is 1. The van der Waals surface area contributed by atoms with Crippen LogP contribution in [0.15, 0.2) is 24.3 Å². The topological polar surface area (TPSA) is 90.3 Å². The lowest BCUT2D eigenvalue weighted by atomic mass is 10.1. The molecule has 1 atom stereocenters. The van der Waals surface area contributed by atoms with Gasteiger partial charge in [0.2, 0.25) is 0 Å². The first kappa shape index (κ1) is 17.2. The van der Waals surface area contributed by atoms with Crippen molar-refractivity contribution in [2.24, 2.45) is 0 Å². The Morgan fingerprint density at radius 1 is 1.43 bits per heavy atom. The number of ether oxygens (including phenoxy) is 1. The number of amides is 1. The molecule has 0 aromatic heterocycles. The molecule has 1 aromatic rings. The standard InChI is InChI=1S/C16H22N2O5/c1-17(8-9-19)11-23-13-5-2-4-12(10-13)15(20)18-7-3-6-14(18)16(21)22/h2,4-5,10,14,19H,3,6-9,11H2,1H3,(H,21,22). The first-order chi connectivity index (χ1) is 11.0. The maximum atomic E-state index is 12.5. The number of hydrogen-bond acceptors (Lipinski definition) is 5. The Balaban J connectivity index is 2.04. The van der Waals surface area contributed by atoms with Gasteiger partial charge in [0, 0.05) is 18.7 Å². The van der Waals surface area contributed by atoms with Crippen LogP contribution in [0.5, 0.6) is 5.75 Å². The predicted octanol–water partition coefficient (Wildman–Crippen LogP) is 0.636. The van der Waals surface area contributed by atoms with Crippen molar-refractivity contribution in [1.29, 1.82) is 0 Å². The number of benzene rings is 1. The van der Waals surface area contributed by atoms with Crippen LogP contribution >= 0.6 is 0 Å². The normalized spacial score (nSPS) is 17.5. The highest BCUT2D eigenvalue weighted by atomic mass is 16.5. The lowest BCUT2D eigenvalue weighted by Gasteiger charge is -2.22. The van der Waals surface area contributed by atoms with Crippen molar-refractivity contribution >= 4 is 11.9 Å². The van der Waals surface area contributed by atoms with E-state index in [2.05, 4.69) is 0 Å². The maximum Gasteiger partial charge on any atom is 0.326 e. The molecule has 1 heterocycles. The second kappa shape index (κ2) is 7.94. The summed E-state index contributed by atoms with van der Waals surface area (Å²) >= 11 is 0. The second-order valence-corrected chi connectivity index (χ2v) is 5.60. The Morgan fingerprint density at radius 2 is 2.22 bits per heavy atom. The number of carboxylic acid groups (broad SMARTS) is 1. The van der Waals surface area contributed by atoms with E-state index in [4.69, 9.17) is 9.84 Å². The SMILES string of the molecule is CN(CCO)COc1cccc(C(=O)N2CCCC2C(=O)O)c1. The molecular weight excluding hydrogens is 300 g/mol. The molecule has 1 fully saturated rings. The highest BCUT2D eigenvalue weighted by Gasteiger charge is 2.34. The van der Waals surface area contributed by atoms with Crippen LogP contribution < -0.4 is 4.74 Å². The Bertz CT molecular complexity index is 563. The molecule has 1 unspecified atom stereocenters. The van der Waals surface area contributed by atoms with E-state index in [1.807, 2.05) is 7.05 Å². The van der Waals surface area contributed by atoms with Crippen molar-refractivity contribution in [3.63, 3.8) is 0 Å². The molecule has 1 aromatic carbocycles. The average molecular weight is 322 g/mol. The summed E-state index contributed by atoms with van der Waals surface area (Å²) in [5.74, 6) is -0.718. The monoisotopic (exact) mass is 322 g/mol. The molecule has 0 spiro atoms.